The summed E-state index contributed by atoms with van der Waals surface area (Å²) in [5.74, 6) is 0. The van der Waals surface area contributed by atoms with Gasteiger partial charge in [-0.3, -0.25) is 4.79 Å². The summed E-state index contributed by atoms with van der Waals surface area (Å²) in [7, 11) is 0. The molecule has 0 aliphatic rings. The summed E-state index contributed by atoms with van der Waals surface area (Å²) >= 11 is 0. The lowest BCUT2D eigenvalue weighted by Crippen LogP contribution is -2.04. The number of rotatable bonds is 1. The maximum absolute atomic E-state index is 10.1. The van der Waals surface area contributed by atoms with E-state index in [1.165, 1.54) is 0 Å². The molecule has 0 radical (unpaired) electrons. The Morgan fingerprint density at radius 3 is 2.89 bits per heavy atom. The molecule has 3 N–H and O–H groups in total. The summed E-state index contributed by atoms with van der Waals surface area (Å²) < 4.78 is 0. The smallest absolute Gasteiger partial charge is 0.179 e. The van der Waals surface area contributed by atoms with E-state index in [1.807, 2.05) is 0 Å². The standard InChI is InChI=1S/C6H6N2O/c7-6-1-2-8-3-5(6)4-9/h1-4H,(H2,7,8)/p+1. The van der Waals surface area contributed by atoms with Crippen molar-refractivity contribution in [3.05, 3.63) is 24.0 Å². The molecule has 1 heterocycles. The molecule has 9 heavy (non-hydrogen) atoms. The van der Waals surface area contributed by atoms with Crippen LogP contribution in [-0.4, -0.2) is 6.29 Å². The van der Waals surface area contributed by atoms with E-state index in [2.05, 4.69) is 4.98 Å². The molecule has 0 atom stereocenters. The largest absolute Gasteiger partial charge is 0.398 e. The monoisotopic (exact) mass is 123 g/mol. The molecule has 3 heteroatoms. The third kappa shape index (κ3) is 1.05. The number of aldehydes is 1. The number of carbonyl (C=O) groups excluding carboxylic acids is 1. The highest BCUT2D eigenvalue weighted by molar-refractivity contribution is 5.81. The third-order valence-electron chi connectivity index (χ3n) is 1.06. The second-order valence-corrected chi connectivity index (χ2v) is 1.67. The van der Waals surface area contributed by atoms with Gasteiger partial charge in [-0.1, -0.05) is 0 Å². The Morgan fingerprint density at radius 2 is 2.44 bits per heavy atom. The van der Waals surface area contributed by atoms with Crippen molar-refractivity contribution in [2.45, 2.75) is 0 Å². The van der Waals surface area contributed by atoms with Crippen LogP contribution < -0.4 is 10.7 Å². The van der Waals surface area contributed by atoms with Crippen LogP contribution in [0.2, 0.25) is 0 Å². The number of nitrogens with one attached hydrogen (secondary N) is 1. The molecular weight excluding hydrogens is 116 g/mol. The quantitative estimate of drug-likeness (QED) is 0.530. The second-order valence-electron chi connectivity index (χ2n) is 1.67. The Labute approximate surface area is 52.5 Å². The number of anilines is 1. The number of hydrogen-bond donors (Lipinski definition) is 1. The molecule has 1 rings (SSSR count). The lowest BCUT2D eigenvalue weighted by Gasteiger charge is -1.87. The van der Waals surface area contributed by atoms with Gasteiger partial charge in [0.25, 0.3) is 0 Å². The fourth-order valence-corrected chi connectivity index (χ4v) is 0.557. The van der Waals surface area contributed by atoms with Gasteiger partial charge in [0.05, 0.1) is 5.69 Å². The van der Waals surface area contributed by atoms with E-state index in [-0.39, 0.29) is 0 Å². The van der Waals surface area contributed by atoms with Crippen molar-refractivity contribution in [1.82, 2.24) is 0 Å². The maximum Gasteiger partial charge on any atom is 0.179 e. The molecule has 0 aliphatic carbocycles. The summed E-state index contributed by atoms with van der Waals surface area (Å²) in [6.45, 7) is 0. The summed E-state index contributed by atoms with van der Waals surface area (Å²) in [5, 5.41) is 0. The van der Waals surface area contributed by atoms with E-state index in [0.717, 1.165) is 0 Å². The fraction of sp³-hybridized carbons (Fsp3) is 0. The number of nitrogen functional groups attached to an aromatic ring is 1. The van der Waals surface area contributed by atoms with Gasteiger partial charge in [0.1, 0.15) is 5.56 Å². The number of aromatic amines is 1. The van der Waals surface area contributed by atoms with E-state index in [0.29, 0.717) is 17.5 Å². The van der Waals surface area contributed by atoms with Gasteiger partial charge in [0, 0.05) is 6.07 Å². The molecule has 3 nitrogen and oxygen atoms in total. The molecule has 0 aromatic carbocycles. The summed E-state index contributed by atoms with van der Waals surface area (Å²) in [5.41, 5.74) is 6.38. The minimum absolute atomic E-state index is 0.498. The van der Waals surface area contributed by atoms with Gasteiger partial charge in [-0.15, -0.1) is 0 Å². The molecule has 1 aromatic rings. The zero-order valence-electron chi connectivity index (χ0n) is 4.79. The predicted octanol–water partition coefficient (Wildman–Crippen LogP) is -0.105. The van der Waals surface area contributed by atoms with Crippen LogP contribution in [0.25, 0.3) is 0 Å². The van der Waals surface area contributed by atoms with Crippen LogP contribution in [0.1, 0.15) is 10.4 Å². The Hall–Kier alpha value is -1.38. The van der Waals surface area contributed by atoms with Gasteiger partial charge in [-0.25, -0.2) is 4.98 Å². The number of carbonyl (C=O) groups is 1. The minimum Gasteiger partial charge on any atom is -0.398 e. The maximum atomic E-state index is 10.1. The van der Waals surface area contributed by atoms with Crippen molar-refractivity contribution in [1.29, 1.82) is 0 Å². The molecule has 0 saturated carbocycles. The summed E-state index contributed by atoms with van der Waals surface area (Å²) in [4.78, 5) is 12.9. The second kappa shape index (κ2) is 2.26. The van der Waals surface area contributed by atoms with Gasteiger partial charge in [-0.05, 0) is 0 Å². The molecule has 0 amide bonds. The Morgan fingerprint density at radius 1 is 1.67 bits per heavy atom. The van der Waals surface area contributed by atoms with Crippen molar-refractivity contribution in [3.8, 4) is 0 Å². The first-order valence-corrected chi connectivity index (χ1v) is 2.55. The number of aromatic nitrogens is 1. The summed E-state index contributed by atoms with van der Waals surface area (Å²) in [6, 6.07) is 1.64. The first-order chi connectivity index (χ1) is 4.34. The molecule has 0 spiro atoms. The third-order valence-corrected chi connectivity index (χ3v) is 1.06. The van der Waals surface area contributed by atoms with Gasteiger partial charge < -0.3 is 5.73 Å². The Bertz CT molecular complexity index is 222. The molecule has 0 unspecified atom stereocenters. The average molecular weight is 123 g/mol. The number of hydrogen-bond acceptors (Lipinski definition) is 2. The van der Waals surface area contributed by atoms with E-state index in [1.54, 1.807) is 18.5 Å². The van der Waals surface area contributed by atoms with Crippen LogP contribution in [0.5, 0.6) is 0 Å². The molecule has 1 aromatic heterocycles. The topological polar surface area (TPSA) is 57.2 Å². The highest BCUT2D eigenvalue weighted by Gasteiger charge is 1.96. The first-order valence-electron chi connectivity index (χ1n) is 2.55. The fourth-order valence-electron chi connectivity index (χ4n) is 0.557. The van der Waals surface area contributed by atoms with E-state index < -0.39 is 0 Å². The zero-order chi connectivity index (χ0) is 6.69. The average Bonchev–Trinajstić information content (AvgIpc) is 1.89. The zero-order valence-corrected chi connectivity index (χ0v) is 4.79. The molecular formula is C6H7N2O+. The molecule has 0 saturated heterocycles. The number of pyridine rings is 1. The van der Waals surface area contributed by atoms with Crippen LogP contribution >= 0.6 is 0 Å². The number of H-pyrrole nitrogens is 1. The predicted molar refractivity (Wildman–Crippen MR) is 32.8 cm³/mol. The highest BCUT2D eigenvalue weighted by atomic mass is 16.1. The summed E-state index contributed by atoms with van der Waals surface area (Å²) in [6.07, 6.45) is 3.94. The number of nitrogens with two attached hydrogens (primary N) is 1. The Kier molecular flexibility index (Phi) is 1.44. The highest BCUT2D eigenvalue weighted by Crippen LogP contribution is 2.01. The first kappa shape index (κ1) is 5.75. The molecule has 46 valence electrons. The molecule has 0 aliphatic heterocycles. The minimum atomic E-state index is 0.498. The van der Waals surface area contributed by atoms with Crippen LogP contribution in [0.4, 0.5) is 5.69 Å². The Balaban J connectivity index is 3.15. The van der Waals surface area contributed by atoms with Crippen molar-refractivity contribution < 1.29 is 9.78 Å². The van der Waals surface area contributed by atoms with Crippen LogP contribution in [0.15, 0.2) is 18.5 Å². The van der Waals surface area contributed by atoms with E-state index in [9.17, 15) is 4.79 Å². The lowest BCUT2D eigenvalue weighted by molar-refractivity contribution is -0.377. The van der Waals surface area contributed by atoms with E-state index in [4.69, 9.17) is 5.73 Å². The van der Waals surface area contributed by atoms with Crippen molar-refractivity contribution in [3.63, 3.8) is 0 Å². The normalized spacial score (nSPS) is 8.89. The van der Waals surface area contributed by atoms with E-state index >= 15 is 0 Å². The lowest BCUT2D eigenvalue weighted by atomic mass is 10.3. The van der Waals surface area contributed by atoms with Crippen LogP contribution in [0, 0.1) is 0 Å². The SMILES string of the molecule is Nc1cc[nH+]cc1C=O. The van der Waals surface area contributed by atoms with Crippen molar-refractivity contribution in [2.24, 2.45) is 0 Å². The molecule has 0 bridgehead atoms. The van der Waals surface area contributed by atoms with Crippen molar-refractivity contribution in [2.75, 3.05) is 5.73 Å². The van der Waals surface area contributed by atoms with Gasteiger partial charge in [-0.2, -0.15) is 0 Å². The van der Waals surface area contributed by atoms with Gasteiger partial charge >= 0.3 is 0 Å². The van der Waals surface area contributed by atoms with Crippen molar-refractivity contribution >= 4 is 12.0 Å². The van der Waals surface area contributed by atoms with Gasteiger partial charge in [0.15, 0.2) is 18.7 Å². The van der Waals surface area contributed by atoms with Crippen LogP contribution in [-0.2, 0) is 0 Å². The molecule has 0 fully saturated rings. The van der Waals surface area contributed by atoms with Crippen LogP contribution in [0.3, 0.4) is 0 Å². The van der Waals surface area contributed by atoms with Gasteiger partial charge in [0.2, 0.25) is 0 Å².